The van der Waals surface area contributed by atoms with Crippen molar-refractivity contribution in [1.82, 2.24) is 9.97 Å². The summed E-state index contributed by atoms with van der Waals surface area (Å²) in [5, 5.41) is 8.82. The van der Waals surface area contributed by atoms with Gasteiger partial charge in [0.15, 0.2) is 0 Å². The van der Waals surface area contributed by atoms with Crippen molar-refractivity contribution >= 4 is 11.3 Å². The number of pyridine rings is 1. The molecule has 0 fully saturated rings. The largest absolute Gasteiger partial charge is 0.261 e. The first-order chi connectivity index (χ1) is 6.81. The Kier molecular flexibility index (Phi) is 2.25. The Morgan fingerprint density at radius 2 is 2.21 bits per heavy atom. The second-order valence-electron chi connectivity index (χ2n) is 2.83. The fourth-order valence-corrected chi connectivity index (χ4v) is 1.74. The summed E-state index contributed by atoms with van der Waals surface area (Å²) in [6.45, 7) is 1.93. The number of aryl methyl sites for hydroxylation is 1. The minimum atomic E-state index is 0.635. The Hall–Kier alpha value is -1.73. The third-order valence-electron chi connectivity index (χ3n) is 1.85. The van der Waals surface area contributed by atoms with Crippen molar-refractivity contribution in [2.24, 2.45) is 0 Å². The molecule has 0 aliphatic heterocycles. The van der Waals surface area contributed by atoms with Crippen molar-refractivity contribution in [2.45, 2.75) is 6.92 Å². The molecular formula is C10H7N3S. The van der Waals surface area contributed by atoms with Crippen LogP contribution in [0.4, 0.5) is 0 Å². The quantitative estimate of drug-likeness (QED) is 0.711. The van der Waals surface area contributed by atoms with E-state index in [-0.39, 0.29) is 0 Å². The van der Waals surface area contributed by atoms with Crippen molar-refractivity contribution in [3.63, 3.8) is 0 Å². The molecule has 2 aromatic heterocycles. The fourth-order valence-electron chi connectivity index (χ4n) is 1.14. The molecule has 0 spiro atoms. The number of hydrogen-bond acceptors (Lipinski definition) is 4. The second-order valence-corrected chi connectivity index (χ2v) is 3.68. The summed E-state index contributed by atoms with van der Waals surface area (Å²) in [5.74, 6) is 0. The lowest BCUT2D eigenvalue weighted by Crippen LogP contribution is -1.84. The summed E-state index contributed by atoms with van der Waals surface area (Å²) < 4.78 is 0. The highest BCUT2D eigenvalue weighted by atomic mass is 32.1. The first-order valence-corrected chi connectivity index (χ1v) is 4.96. The first kappa shape index (κ1) is 8.85. The maximum atomic E-state index is 8.82. The van der Waals surface area contributed by atoms with E-state index in [0.29, 0.717) is 4.88 Å². The van der Waals surface area contributed by atoms with E-state index < -0.39 is 0 Å². The summed E-state index contributed by atoms with van der Waals surface area (Å²) in [6, 6.07) is 5.96. The average Bonchev–Trinajstić information content (AvgIpc) is 2.67. The second kappa shape index (κ2) is 3.56. The van der Waals surface area contributed by atoms with E-state index in [1.165, 1.54) is 11.3 Å². The highest BCUT2D eigenvalue weighted by Gasteiger charge is 2.07. The Balaban J connectivity index is 2.50. The third-order valence-corrected chi connectivity index (χ3v) is 2.58. The average molecular weight is 201 g/mol. The van der Waals surface area contributed by atoms with Gasteiger partial charge < -0.3 is 0 Å². The van der Waals surface area contributed by atoms with E-state index in [1.54, 1.807) is 11.7 Å². The zero-order valence-corrected chi connectivity index (χ0v) is 8.38. The van der Waals surface area contributed by atoms with Gasteiger partial charge >= 0.3 is 0 Å². The van der Waals surface area contributed by atoms with Crippen LogP contribution >= 0.6 is 11.3 Å². The summed E-state index contributed by atoms with van der Waals surface area (Å²) in [5.41, 5.74) is 4.26. The summed E-state index contributed by atoms with van der Waals surface area (Å²) in [4.78, 5) is 8.94. The molecule has 0 atom stereocenters. The number of rotatable bonds is 1. The van der Waals surface area contributed by atoms with Gasteiger partial charge in [0.05, 0.1) is 5.51 Å². The van der Waals surface area contributed by atoms with Gasteiger partial charge in [-0.1, -0.05) is 0 Å². The highest BCUT2D eigenvalue weighted by molar-refractivity contribution is 7.10. The molecular weight excluding hydrogens is 194 g/mol. The van der Waals surface area contributed by atoms with Gasteiger partial charge in [-0.25, -0.2) is 4.98 Å². The minimum absolute atomic E-state index is 0.635. The lowest BCUT2D eigenvalue weighted by molar-refractivity contribution is 1.20. The SMILES string of the molecule is Cc1ccc(-c2ncsc2C#N)cn1. The first-order valence-electron chi connectivity index (χ1n) is 4.08. The monoisotopic (exact) mass is 201 g/mol. The van der Waals surface area contributed by atoms with Crippen LogP contribution in [0.2, 0.25) is 0 Å². The summed E-state index contributed by atoms with van der Waals surface area (Å²) >= 11 is 1.35. The molecule has 0 bridgehead atoms. The van der Waals surface area contributed by atoms with Gasteiger partial charge in [0.2, 0.25) is 0 Å². The van der Waals surface area contributed by atoms with E-state index in [1.807, 2.05) is 19.1 Å². The molecule has 0 aliphatic rings. The van der Waals surface area contributed by atoms with Gasteiger partial charge in [-0.05, 0) is 19.1 Å². The molecule has 14 heavy (non-hydrogen) atoms. The van der Waals surface area contributed by atoms with Gasteiger partial charge in [-0.3, -0.25) is 4.98 Å². The molecule has 0 saturated heterocycles. The number of nitriles is 1. The van der Waals surface area contributed by atoms with Gasteiger partial charge in [-0.2, -0.15) is 5.26 Å². The van der Waals surface area contributed by atoms with Crippen molar-refractivity contribution in [1.29, 1.82) is 5.26 Å². The maximum Gasteiger partial charge on any atom is 0.132 e. The van der Waals surface area contributed by atoms with Crippen LogP contribution in [-0.2, 0) is 0 Å². The smallest absolute Gasteiger partial charge is 0.132 e. The molecule has 2 rings (SSSR count). The molecule has 2 heterocycles. The number of hydrogen-bond donors (Lipinski definition) is 0. The topological polar surface area (TPSA) is 49.6 Å². The van der Waals surface area contributed by atoms with E-state index >= 15 is 0 Å². The van der Waals surface area contributed by atoms with Crippen molar-refractivity contribution in [3.8, 4) is 17.3 Å². The molecule has 0 radical (unpaired) electrons. The zero-order chi connectivity index (χ0) is 9.97. The van der Waals surface area contributed by atoms with E-state index in [9.17, 15) is 0 Å². The van der Waals surface area contributed by atoms with E-state index in [0.717, 1.165) is 17.0 Å². The van der Waals surface area contributed by atoms with Crippen LogP contribution in [-0.4, -0.2) is 9.97 Å². The lowest BCUT2D eigenvalue weighted by atomic mass is 10.2. The van der Waals surface area contributed by atoms with E-state index in [2.05, 4.69) is 16.0 Å². The molecule has 2 aromatic rings. The van der Waals surface area contributed by atoms with Gasteiger partial charge in [0, 0.05) is 17.5 Å². The van der Waals surface area contributed by atoms with Crippen molar-refractivity contribution in [2.75, 3.05) is 0 Å². The standard InChI is InChI=1S/C10H7N3S/c1-7-2-3-8(5-12-7)10-9(4-11)14-6-13-10/h2-3,5-6H,1H3. The summed E-state index contributed by atoms with van der Waals surface area (Å²) in [7, 11) is 0. The number of aromatic nitrogens is 2. The molecule has 0 N–H and O–H groups in total. The van der Waals surface area contributed by atoms with Crippen LogP contribution in [0.25, 0.3) is 11.3 Å². The highest BCUT2D eigenvalue weighted by Crippen LogP contribution is 2.23. The van der Waals surface area contributed by atoms with Crippen molar-refractivity contribution in [3.05, 3.63) is 34.4 Å². The van der Waals surface area contributed by atoms with Crippen LogP contribution < -0.4 is 0 Å². The normalized spacial score (nSPS) is 9.71. The van der Waals surface area contributed by atoms with Gasteiger partial charge in [-0.15, -0.1) is 11.3 Å². The predicted octanol–water partition coefficient (Wildman–Crippen LogP) is 2.39. The maximum absolute atomic E-state index is 8.82. The van der Waals surface area contributed by atoms with Crippen LogP contribution in [0, 0.1) is 18.3 Å². The summed E-state index contributed by atoms with van der Waals surface area (Å²) in [6.07, 6.45) is 1.74. The van der Waals surface area contributed by atoms with Crippen LogP contribution in [0.3, 0.4) is 0 Å². The molecule has 0 aliphatic carbocycles. The Morgan fingerprint density at radius 1 is 1.36 bits per heavy atom. The molecule has 0 unspecified atom stereocenters. The lowest BCUT2D eigenvalue weighted by Gasteiger charge is -1.96. The number of thiazole rings is 1. The van der Waals surface area contributed by atoms with E-state index in [4.69, 9.17) is 5.26 Å². The van der Waals surface area contributed by atoms with Gasteiger partial charge in [0.1, 0.15) is 16.6 Å². The van der Waals surface area contributed by atoms with Gasteiger partial charge in [0.25, 0.3) is 0 Å². The van der Waals surface area contributed by atoms with Crippen molar-refractivity contribution < 1.29 is 0 Å². The van der Waals surface area contributed by atoms with Crippen LogP contribution in [0.5, 0.6) is 0 Å². The Bertz CT molecular complexity index is 479. The molecule has 3 nitrogen and oxygen atoms in total. The molecule has 0 saturated carbocycles. The molecule has 0 aromatic carbocycles. The third kappa shape index (κ3) is 1.50. The zero-order valence-electron chi connectivity index (χ0n) is 7.56. The number of nitrogens with zero attached hydrogens (tertiary/aromatic N) is 3. The molecule has 4 heteroatoms. The predicted molar refractivity (Wildman–Crippen MR) is 54.8 cm³/mol. The molecule has 68 valence electrons. The fraction of sp³-hybridized carbons (Fsp3) is 0.100. The Morgan fingerprint density at radius 3 is 2.86 bits per heavy atom. The van der Waals surface area contributed by atoms with Crippen LogP contribution in [0.1, 0.15) is 10.6 Å². The van der Waals surface area contributed by atoms with Crippen LogP contribution in [0.15, 0.2) is 23.8 Å². The molecule has 0 amide bonds. The Labute approximate surface area is 85.7 Å². The minimum Gasteiger partial charge on any atom is -0.261 e.